The number of ether oxygens (including phenoxy) is 2. The maximum absolute atomic E-state index is 13.6. The number of rotatable bonds is 5. The Morgan fingerprint density at radius 2 is 1.80 bits per heavy atom. The van der Waals surface area contributed by atoms with Crippen LogP contribution in [0.3, 0.4) is 0 Å². The first-order valence-electron chi connectivity index (χ1n) is 9.81. The van der Waals surface area contributed by atoms with E-state index >= 15 is 0 Å². The van der Waals surface area contributed by atoms with Gasteiger partial charge in [-0.2, -0.15) is 0 Å². The lowest BCUT2D eigenvalue weighted by atomic mass is 9.77. The molecule has 3 rings (SSSR count). The van der Waals surface area contributed by atoms with Crippen LogP contribution < -0.4 is 5.32 Å². The second-order valence-corrected chi connectivity index (χ2v) is 7.36. The quantitative estimate of drug-likeness (QED) is 0.608. The van der Waals surface area contributed by atoms with E-state index < -0.39 is 0 Å². The Labute approximate surface area is 175 Å². The zero-order valence-electron chi connectivity index (χ0n) is 16.9. The zero-order chi connectivity index (χ0) is 21.4. The van der Waals surface area contributed by atoms with Gasteiger partial charge in [0.25, 0.3) is 5.91 Å². The summed E-state index contributed by atoms with van der Waals surface area (Å²) in [7, 11) is 1.37. The van der Waals surface area contributed by atoms with Gasteiger partial charge in [-0.05, 0) is 49.2 Å². The topological polar surface area (TPSA) is 64.6 Å². The maximum Gasteiger partial charge on any atom is 0.306 e. The van der Waals surface area contributed by atoms with E-state index in [2.05, 4.69) is 17.2 Å². The third-order valence-electron chi connectivity index (χ3n) is 5.29. The summed E-state index contributed by atoms with van der Waals surface area (Å²) >= 11 is 0. The molecule has 0 bridgehead atoms. The molecule has 30 heavy (non-hydrogen) atoms. The summed E-state index contributed by atoms with van der Waals surface area (Å²) in [5, 5.41) is 2.94. The molecule has 6 heteroatoms. The molecule has 1 N–H and O–H groups in total. The molecule has 1 aliphatic rings. The molecule has 0 spiro atoms. The van der Waals surface area contributed by atoms with Gasteiger partial charge in [0.15, 0.2) is 0 Å². The summed E-state index contributed by atoms with van der Waals surface area (Å²) in [6, 6.07) is 13.1. The molecule has 5 nitrogen and oxygen atoms in total. The van der Waals surface area contributed by atoms with Crippen molar-refractivity contribution in [3.8, 4) is 11.8 Å². The van der Waals surface area contributed by atoms with Crippen LogP contribution >= 0.6 is 0 Å². The fraction of sp³-hybridized carbons (Fsp3) is 0.333. The van der Waals surface area contributed by atoms with Crippen molar-refractivity contribution >= 4 is 11.9 Å². The van der Waals surface area contributed by atoms with Crippen LogP contribution in [0.1, 0.15) is 40.7 Å². The van der Waals surface area contributed by atoms with E-state index in [-0.39, 0.29) is 29.5 Å². The summed E-state index contributed by atoms with van der Waals surface area (Å²) in [6.07, 6.45) is 1.62. The number of halogens is 1. The van der Waals surface area contributed by atoms with E-state index in [4.69, 9.17) is 9.47 Å². The molecule has 2 aromatic rings. The molecule has 1 amide bonds. The molecule has 1 saturated heterocycles. The predicted octanol–water partition coefficient (Wildman–Crippen LogP) is 3.32. The molecule has 0 radical (unpaired) electrons. The van der Waals surface area contributed by atoms with Crippen LogP contribution in [-0.4, -0.2) is 38.7 Å². The molecule has 2 aromatic carbocycles. The highest BCUT2D eigenvalue weighted by molar-refractivity contribution is 5.94. The number of amides is 1. The first-order chi connectivity index (χ1) is 14.5. The smallest absolute Gasteiger partial charge is 0.306 e. The van der Waals surface area contributed by atoms with E-state index in [1.165, 1.54) is 13.2 Å². The van der Waals surface area contributed by atoms with Crippen LogP contribution in [0.15, 0.2) is 48.5 Å². The minimum absolute atomic E-state index is 0.223. The Kier molecular flexibility index (Phi) is 7.21. The van der Waals surface area contributed by atoms with Gasteiger partial charge < -0.3 is 14.8 Å². The number of benzene rings is 2. The van der Waals surface area contributed by atoms with Crippen molar-refractivity contribution in [3.05, 3.63) is 71.0 Å². The van der Waals surface area contributed by atoms with Crippen LogP contribution in [-0.2, 0) is 14.3 Å². The van der Waals surface area contributed by atoms with Gasteiger partial charge in [0, 0.05) is 36.3 Å². The summed E-state index contributed by atoms with van der Waals surface area (Å²) in [6.45, 7) is 1.49. The van der Waals surface area contributed by atoms with Gasteiger partial charge in [-0.1, -0.05) is 24.0 Å². The molecule has 1 aliphatic heterocycles. The van der Waals surface area contributed by atoms with Crippen molar-refractivity contribution in [2.45, 2.75) is 19.3 Å². The highest BCUT2D eigenvalue weighted by Gasteiger charge is 2.35. The normalized spacial score (nSPS) is 14.9. The zero-order valence-corrected chi connectivity index (χ0v) is 16.9. The minimum Gasteiger partial charge on any atom is -0.469 e. The van der Waals surface area contributed by atoms with E-state index in [1.54, 1.807) is 42.5 Å². The van der Waals surface area contributed by atoms with E-state index in [9.17, 15) is 14.0 Å². The van der Waals surface area contributed by atoms with Gasteiger partial charge in [0.05, 0.1) is 19.1 Å². The fourth-order valence-electron chi connectivity index (χ4n) is 3.38. The second-order valence-electron chi connectivity index (χ2n) is 7.36. The number of hydrogen-bond donors (Lipinski definition) is 1. The predicted molar refractivity (Wildman–Crippen MR) is 110 cm³/mol. The highest BCUT2D eigenvalue weighted by atomic mass is 19.1. The third kappa shape index (κ3) is 5.68. The Morgan fingerprint density at radius 3 is 2.47 bits per heavy atom. The van der Waals surface area contributed by atoms with Gasteiger partial charge in [0.1, 0.15) is 5.82 Å². The fourth-order valence-corrected chi connectivity index (χ4v) is 3.38. The lowest BCUT2D eigenvalue weighted by molar-refractivity contribution is -0.145. The molecule has 0 unspecified atom stereocenters. The minimum atomic E-state index is -0.366. The van der Waals surface area contributed by atoms with Crippen molar-refractivity contribution in [1.29, 1.82) is 0 Å². The first-order valence-corrected chi connectivity index (χ1v) is 9.81. The highest BCUT2D eigenvalue weighted by Crippen LogP contribution is 2.34. The number of hydrogen-bond acceptors (Lipinski definition) is 4. The Balaban J connectivity index is 1.63. The lowest BCUT2D eigenvalue weighted by Gasteiger charge is -2.36. The van der Waals surface area contributed by atoms with Crippen molar-refractivity contribution < 1.29 is 23.5 Å². The summed E-state index contributed by atoms with van der Waals surface area (Å²) in [5.74, 6) is 4.82. The maximum atomic E-state index is 13.6. The number of esters is 1. The van der Waals surface area contributed by atoms with Crippen LogP contribution in [0.5, 0.6) is 0 Å². The summed E-state index contributed by atoms with van der Waals surface area (Å²) in [5.41, 5.74) is 1.14. The molecule has 0 aromatic heterocycles. The van der Waals surface area contributed by atoms with Gasteiger partial charge in [-0.25, -0.2) is 4.39 Å². The van der Waals surface area contributed by atoms with Gasteiger partial charge in [0.2, 0.25) is 0 Å². The van der Waals surface area contributed by atoms with E-state index in [1.807, 2.05) is 0 Å². The standard InChI is InChI=1S/C24H24FNO4/c1-29-22(27)16-24(12-14-30-15-13-24)17-26-23(28)20-10-7-18(8-11-20)6-9-19-4-2-3-5-21(19)25/h2-5,7-8,10-11H,12-17H2,1H3,(H,26,28). The van der Waals surface area contributed by atoms with Crippen molar-refractivity contribution in [2.75, 3.05) is 26.9 Å². The van der Waals surface area contributed by atoms with Crippen LogP contribution in [0.4, 0.5) is 4.39 Å². The molecule has 156 valence electrons. The summed E-state index contributed by atoms with van der Waals surface area (Å²) < 4.78 is 23.9. The van der Waals surface area contributed by atoms with Crippen LogP contribution in [0.2, 0.25) is 0 Å². The molecule has 1 heterocycles. The number of nitrogens with one attached hydrogen (secondary N) is 1. The first kappa shape index (κ1) is 21.5. The van der Waals surface area contributed by atoms with Crippen LogP contribution in [0.25, 0.3) is 0 Å². The summed E-state index contributed by atoms with van der Waals surface area (Å²) in [4.78, 5) is 24.4. The molecular formula is C24H24FNO4. The van der Waals surface area contributed by atoms with Crippen LogP contribution in [0, 0.1) is 23.1 Å². The Hall–Kier alpha value is -3.17. The Bertz CT molecular complexity index is 953. The van der Waals surface area contributed by atoms with E-state index in [0.29, 0.717) is 49.3 Å². The Morgan fingerprint density at radius 1 is 1.10 bits per heavy atom. The SMILES string of the molecule is COC(=O)CC1(CNC(=O)c2ccc(C#Cc3ccccc3F)cc2)CCOCC1. The number of carbonyl (C=O) groups is 2. The second kappa shape index (κ2) is 10.0. The van der Waals surface area contributed by atoms with Crippen molar-refractivity contribution in [1.82, 2.24) is 5.32 Å². The molecule has 0 saturated carbocycles. The largest absolute Gasteiger partial charge is 0.469 e. The molecule has 1 fully saturated rings. The third-order valence-corrected chi connectivity index (χ3v) is 5.29. The van der Waals surface area contributed by atoms with E-state index in [0.717, 1.165) is 0 Å². The average Bonchev–Trinajstić information content (AvgIpc) is 2.78. The van der Waals surface area contributed by atoms with Gasteiger partial charge in [-0.3, -0.25) is 9.59 Å². The van der Waals surface area contributed by atoms with Gasteiger partial charge in [-0.15, -0.1) is 0 Å². The molecular weight excluding hydrogens is 385 g/mol. The number of methoxy groups -OCH3 is 1. The monoisotopic (exact) mass is 409 g/mol. The number of carbonyl (C=O) groups excluding carboxylic acids is 2. The van der Waals surface area contributed by atoms with Crippen molar-refractivity contribution in [2.24, 2.45) is 5.41 Å². The van der Waals surface area contributed by atoms with Crippen molar-refractivity contribution in [3.63, 3.8) is 0 Å². The average molecular weight is 409 g/mol. The lowest BCUT2D eigenvalue weighted by Crippen LogP contribution is -2.42. The molecule has 0 aliphatic carbocycles. The van der Waals surface area contributed by atoms with Gasteiger partial charge >= 0.3 is 5.97 Å². The molecule has 0 atom stereocenters.